The minimum atomic E-state index is -3.86. The average Bonchev–Trinajstić information content (AvgIpc) is 2.13. The maximum atomic E-state index is 11.5. The summed E-state index contributed by atoms with van der Waals surface area (Å²) in [6.45, 7) is 3.54. The van der Waals surface area contributed by atoms with Gasteiger partial charge in [0.1, 0.15) is 4.90 Å². The van der Waals surface area contributed by atoms with E-state index in [-0.39, 0.29) is 11.4 Å². The lowest BCUT2D eigenvalue weighted by atomic mass is 10.1. The molecule has 102 valence electrons. The molecule has 0 aliphatic carbocycles. The second-order valence-electron chi connectivity index (χ2n) is 4.94. The highest BCUT2D eigenvalue weighted by Gasteiger charge is 2.21. The average molecular weight is 273 g/mol. The molecule has 0 saturated heterocycles. The second-order valence-corrected chi connectivity index (χ2v) is 6.47. The quantitative estimate of drug-likeness (QED) is 0.675. The standard InChI is InChI=1S/C11H19N3O3S/c1-11(2,15)7-14(3)9-5-4-8(12)6-10(9)18(13,16)17/h4-6,15H,7,12H2,1-3H3,(H2,13,16,17). The molecule has 0 spiro atoms. The highest BCUT2D eigenvalue weighted by atomic mass is 32.2. The van der Waals surface area contributed by atoms with Crippen LogP contribution in [-0.4, -0.2) is 32.7 Å². The van der Waals surface area contributed by atoms with Crippen LogP contribution < -0.4 is 15.8 Å². The van der Waals surface area contributed by atoms with Crippen LogP contribution in [0.1, 0.15) is 13.8 Å². The lowest BCUT2D eigenvalue weighted by Crippen LogP contribution is -2.37. The van der Waals surface area contributed by atoms with Gasteiger partial charge in [-0.1, -0.05) is 0 Å². The van der Waals surface area contributed by atoms with Crippen molar-refractivity contribution < 1.29 is 13.5 Å². The number of hydrogen-bond acceptors (Lipinski definition) is 5. The van der Waals surface area contributed by atoms with E-state index in [1.165, 1.54) is 6.07 Å². The second kappa shape index (κ2) is 4.75. The van der Waals surface area contributed by atoms with Gasteiger partial charge in [-0.25, -0.2) is 13.6 Å². The van der Waals surface area contributed by atoms with Crippen LogP contribution in [-0.2, 0) is 10.0 Å². The van der Waals surface area contributed by atoms with Crippen LogP contribution in [0, 0.1) is 0 Å². The summed E-state index contributed by atoms with van der Waals surface area (Å²) in [5, 5.41) is 14.9. The van der Waals surface area contributed by atoms with E-state index in [4.69, 9.17) is 10.9 Å². The Hall–Kier alpha value is -1.31. The van der Waals surface area contributed by atoms with Crippen LogP contribution in [0.3, 0.4) is 0 Å². The zero-order valence-electron chi connectivity index (χ0n) is 10.7. The molecule has 18 heavy (non-hydrogen) atoms. The van der Waals surface area contributed by atoms with Crippen LogP contribution in [0.25, 0.3) is 0 Å². The fraction of sp³-hybridized carbons (Fsp3) is 0.455. The third kappa shape index (κ3) is 3.86. The number of hydrogen-bond donors (Lipinski definition) is 3. The molecule has 5 N–H and O–H groups in total. The summed E-state index contributed by atoms with van der Waals surface area (Å²) >= 11 is 0. The highest BCUT2D eigenvalue weighted by Crippen LogP contribution is 2.26. The van der Waals surface area contributed by atoms with E-state index in [1.54, 1.807) is 37.9 Å². The molecular formula is C11H19N3O3S. The van der Waals surface area contributed by atoms with Gasteiger partial charge in [0.15, 0.2) is 0 Å². The highest BCUT2D eigenvalue weighted by molar-refractivity contribution is 7.89. The van der Waals surface area contributed by atoms with E-state index in [9.17, 15) is 13.5 Å². The first-order valence-electron chi connectivity index (χ1n) is 5.36. The van der Waals surface area contributed by atoms with Crippen LogP contribution in [0.5, 0.6) is 0 Å². The summed E-state index contributed by atoms with van der Waals surface area (Å²) in [5.74, 6) is 0. The van der Waals surface area contributed by atoms with Crippen molar-refractivity contribution in [3.63, 3.8) is 0 Å². The van der Waals surface area contributed by atoms with Gasteiger partial charge < -0.3 is 15.7 Å². The van der Waals surface area contributed by atoms with Gasteiger partial charge in [-0.3, -0.25) is 0 Å². The van der Waals surface area contributed by atoms with Crippen LogP contribution in [0.15, 0.2) is 23.1 Å². The molecule has 1 aromatic carbocycles. The Kier molecular flexibility index (Phi) is 3.89. The molecule has 7 heteroatoms. The Labute approximate surface area is 107 Å². The predicted molar refractivity (Wildman–Crippen MR) is 71.8 cm³/mol. The monoisotopic (exact) mass is 273 g/mol. The van der Waals surface area contributed by atoms with Crippen molar-refractivity contribution in [2.75, 3.05) is 24.2 Å². The number of likely N-dealkylation sites (N-methyl/N-ethyl adjacent to an activating group) is 1. The fourth-order valence-electron chi connectivity index (χ4n) is 1.74. The van der Waals surface area contributed by atoms with Crippen molar-refractivity contribution in [3.05, 3.63) is 18.2 Å². The van der Waals surface area contributed by atoms with Crippen molar-refractivity contribution in [3.8, 4) is 0 Å². The van der Waals surface area contributed by atoms with E-state index in [0.717, 1.165) is 0 Å². The first-order chi connectivity index (χ1) is 8.00. The van der Waals surface area contributed by atoms with Gasteiger partial charge >= 0.3 is 0 Å². The molecule has 0 amide bonds. The zero-order chi connectivity index (χ0) is 14.1. The Balaban J connectivity index is 3.25. The number of nitrogens with zero attached hydrogens (tertiary/aromatic N) is 1. The largest absolute Gasteiger partial charge is 0.399 e. The van der Waals surface area contributed by atoms with E-state index in [2.05, 4.69) is 0 Å². The molecule has 0 bridgehead atoms. The van der Waals surface area contributed by atoms with E-state index in [0.29, 0.717) is 11.4 Å². The summed E-state index contributed by atoms with van der Waals surface area (Å²) in [7, 11) is -2.18. The smallest absolute Gasteiger partial charge is 0.240 e. The van der Waals surface area contributed by atoms with E-state index < -0.39 is 15.6 Å². The predicted octanol–water partition coefficient (Wildman–Crippen LogP) is 0.123. The number of rotatable bonds is 4. The summed E-state index contributed by atoms with van der Waals surface area (Å²) in [6.07, 6.45) is 0. The first-order valence-corrected chi connectivity index (χ1v) is 6.91. The molecule has 0 heterocycles. The lowest BCUT2D eigenvalue weighted by Gasteiger charge is -2.28. The van der Waals surface area contributed by atoms with Crippen LogP contribution in [0.2, 0.25) is 0 Å². The minimum absolute atomic E-state index is 0.0470. The number of anilines is 2. The molecule has 1 aromatic rings. The van der Waals surface area contributed by atoms with Gasteiger partial charge in [0.25, 0.3) is 0 Å². The normalized spacial score (nSPS) is 12.5. The van der Waals surface area contributed by atoms with Gasteiger partial charge in [-0.2, -0.15) is 0 Å². The number of sulfonamides is 1. The summed E-state index contributed by atoms with van der Waals surface area (Å²) in [5.41, 5.74) is 5.34. The number of nitrogens with two attached hydrogens (primary N) is 2. The van der Waals surface area contributed by atoms with Crippen LogP contribution >= 0.6 is 0 Å². The molecule has 0 aromatic heterocycles. The van der Waals surface area contributed by atoms with Crippen molar-refractivity contribution in [1.29, 1.82) is 0 Å². The van der Waals surface area contributed by atoms with Gasteiger partial charge in [0.05, 0.1) is 11.3 Å². The van der Waals surface area contributed by atoms with Crippen molar-refractivity contribution >= 4 is 21.4 Å². The van der Waals surface area contributed by atoms with Crippen LogP contribution in [0.4, 0.5) is 11.4 Å². The third-order valence-corrected chi connectivity index (χ3v) is 3.27. The minimum Gasteiger partial charge on any atom is -0.399 e. The SMILES string of the molecule is CN(CC(C)(C)O)c1ccc(N)cc1S(N)(=O)=O. The van der Waals surface area contributed by atoms with Gasteiger partial charge in [-0.05, 0) is 32.0 Å². The van der Waals surface area contributed by atoms with Gasteiger partial charge in [-0.15, -0.1) is 0 Å². The van der Waals surface area contributed by atoms with Gasteiger partial charge in [0.2, 0.25) is 10.0 Å². The fourth-order valence-corrected chi connectivity index (χ4v) is 2.56. The third-order valence-electron chi connectivity index (χ3n) is 2.33. The molecule has 0 radical (unpaired) electrons. The lowest BCUT2D eigenvalue weighted by molar-refractivity contribution is 0.0885. The molecule has 0 unspecified atom stereocenters. The molecular weight excluding hydrogens is 254 g/mol. The zero-order valence-corrected chi connectivity index (χ0v) is 11.5. The molecule has 6 nitrogen and oxygen atoms in total. The Morgan fingerprint density at radius 1 is 1.39 bits per heavy atom. The molecule has 0 atom stereocenters. The summed E-state index contributed by atoms with van der Waals surface area (Å²) < 4.78 is 23.0. The molecule has 0 fully saturated rings. The molecule has 0 saturated carbocycles. The van der Waals surface area contributed by atoms with E-state index >= 15 is 0 Å². The molecule has 1 rings (SSSR count). The van der Waals surface area contributed by atoms with Crippen molar-refractivity contribution in [2.24, 2.45) is 5.14 Å². The number of benzene rings is 1. The van der Waals surface area contributed by atoms with Crippen molar-refractivity contribution in [1.82, 2.24) is 0 Å². The topological polar surface area (TPSA) is 110 Å². The maximum absolute atomic E-state index is 11.5. The van der Waals surface area contributed by atoms with E-state index in [1.807, 2.05) is 0 Å². The number of nitrogen functional groups attached to an aromatic ring is 1. The Bertz CT molecular complexity index is 535. The first kappa shape index (κ1) is 14.7. The van der Waals surface area contributed by atoms with Gasteiger partial charge in [0, 0.05) is 19.3 Å². The Morgan fingerprint density at radius 3 is 2.39 bits per heavy atom. The Morgan fingerprint density at radius 2 is 1.94 bits per heavy atom. The molecule has 0 aliphatic rings. The van der Waals surface area contributed by atoms with Crippen molar-refractivity contribution in [2.45, 2.75) is 24.3 Å². The number of primary sulfonamides is 1. The summed E-state index contributed by atoms with van der Waals surface area (Å²) in [6, 6.07) is 4.47. The number of aliphatic hydroxyl groups is 1. The summed E-state index contributed by atoms with van der Waals surface area (Å²) in [4.78, 5) is 1.58. The molecule has 0 aliphatic heterocycles. The maximum Gasteiger partial charge on any atom is 0.240 e.